The van der Waals surface area contributed by atoms with Gasteiger partial charge in [-0.15, -0.1) is 13.2 Å². The molecule has 0 amide bonds. The highest BCUT2D eigenvalue weighted by molar-refractivity contribution is 5.71. The molecule has 19 heavy (non-hydrogen) atoms. The van der Waals surface area contributed by atoms with Gasteiger partial charge in [0.15, 0.2) is 0 Å². The first-order valence-corrected chi connectivity index (χ1v) is 5.09. The van der Waals surface area contributed by atoms with Gasteiger partial charge < -0.3 is 4.74 Å². The molecule has 0 aliphatic rings. The molecule has 2 aromatic rings. The van der Waals surface area contributed by atoms with Crippen LogP contribution in [0.4, 0.5) is 22.0 Å². The fourth-order valence-electron chi connectivity index (χ4n) is 1.57. The first-order chi connectivity index (χ1) is 8.88. The fraction of sp³-hybridized carbons (Fsp3) is 0.0769. The van der Waals surface area contributed by atoms with Crippen molar-refractivity contribution >= 4 is 0 Å². The Kier molecular flexibility index (Phi) is 3.42. The first kappa shape index (κ1) is 13.3. The van der Waals surface area contributed by atoms with Crippen LogP contribution in [0.5, 0.6) is 5.75 Å². The molecule has 99 valence electrons. The molecule has 0 fully saturated rings. The van der Waals surface area contributed by atoms with E-state index in [1.807, 2.05) is 0 Å². The van der Waals surface area contributed by atoms with Gasteiger partial charge in [0.2, 0.25) is 0 Å². The largest absolute Gasteiger partial charge is 0.573 e. The Morgan fingerprint density at radius 2 is 1.58 bits per heavy atom. The van der Waals surface area contributed by atoms with Gasteiger partial charge in [0.05, 0.1) is 5.56 Å². The molecule has 0 saturated carbocycles. The average molecular weight is 273 g/mol. The van der Waals surface area contributed by atoms with Crippen LogP contribution in [0.3, 0.4) is 0 Å². The normalized spacial score (nSPS) is 11.4. The summed E-state index contributed by atoms with van der Waals surface area (Å²) in [5.41, 5.74) is -0.936. The van der Waals surface area contributed by atoms with Crippen molar-refractivity contribution in [2.45, 2.75) is 6.36 Å². The Labute approximate surface area is 105 Å². The smallest absolute Gasteiger partial charge is 0.404 e. The predicted octanol–water partition coefficient (Wildman–Crippen LogP) is 4.33. The zero-order valence-corrected chi connectivity index (χ0v) is 9.26. The van der Waals surface area contributed by atoms with Crippen LogP contribution in [-0.2, 0) is 0 Å². The number of alkyl halides is 3. The minimum Gasteiger partial charge on any atom is -0.404 e. The highest BCUT2D eigenvalue weighted by atomic mass is 19.4. The van der Waals surface area contributed by atoms with Gasteiger partial charge in [-0.25, -0.2) is 8.78 Å². The molecule has 0 aromatic heterocycles. The molecular weight excluding hydrogens is 267 g/mol. The zero-order chi connectivity index (χ0) is 14.0. The lowest BCUT2D eigenvalue weighted by atomic mass is 10.0. The molecular formula is C13H6F5O. The predicted molar refractivity (Wildman–Crippen MR) is 57.3 cm³/mol. The molecule has 0 saturated heterocycles. The first-order valence-electron chi connectivity index (χ1n) is 5.09. The van der Waals surface area contributed by atoms with Gasteiger partial charge in [-0.1, -0.05) is 24.3 Å². The van der Waals surface area contributed by atoms with Crippen LogP contribution in [0.15, 0.2) is 36.4 Å². The average Bonchev–Trinajstić information content (AvgIpc) is 2.29. The highest BCUT2D eigenvalue weighted by Gasteiger charge is 2.32. The van der Waals surface area contributed by atoms with E-state index in [1.54, 1.807) is 0 Å². The van der Waals surface area contributed by atoms with E-state index < -0.39 is 29.3 Å². The van der Waals surface area contributed by atoms with Crippen LogP contribution in [0.25, 0.3) is 11.1 Å². The third kappa shape index (κ3) is 3.01. The molecule has 2 rings (SSSR count). The molecule has 0 bridgehead atoms. The van der Waals surface area contributed by atoms with E-state index in [1.165, 1.54) is 6.07 Å². The minimum absolute atomic E-state index is 0.351. The lowest BCUT2D eigenvalue weighted by Crippen LogP contribution is -2.17. The van der Waals surface area contributed by atoms with Gasteiger partial charge in [0.25, 0.3) is 0 Å². The number of ether oxygens (including phenoxy) is 1. The quantitative estimate of drug-likeness (QED) is 0.740. The van der Waals surface area contributed by atoms with Crippen LogP contribution in [0.2, 0.25) is 0 Å². The lowest BCUT2D eigenvalue weighted by Gasteiger charge is -2.13. The third-order valence-corrected chi connectivity index (χ3v) is 2.27. The van der Waals surface area contributed by atoms with Gasteiger partial charge in [0, 0.05) is 11.6 Å². The van der Waals surface area contributed by atoms with E-state index in [0.717, 1.165) is 30.3 Å². The standard InChI is InChI=1S/C13H6F5O/c14-9-5-3-6-10(15)12(9)8-4-1-2-7-11(8)19-13(16,17)18/h1-6H. The molecule has 0 unspecified atom stereocenters. The van der Waals surface area contributed by atoms with Crippen molar-refractivity contribution in [1.29, 1.82) is 0 Å². The van der Waals surface area contributed by atoms with Gasteiger partial charge in [-0.05, 0) is 12.1 Å². The van der Waals surface area contributed by atoms with Crippen molar-refractivity contribution in [3.63, 3.8) is 0 Å². The summed E-state index contributed by atoms with van der Waals surface area (Å²) < 4.78 is 67.5. The van der Waals surface area contributed by atoms with E-state index in [4.69, 9.17) is 0 Å². The summed E-state index contributed by atoms with van der Waals surface area (Å²) in [5, 5.41) is 0. The molecule has 0 spiro atoms. The van der Waals surface area contributed by atoms with Gasteiger partial charge >= 0.3 is 6.36 Å². The molecule has 1 radical (unpaired) electrons. The van der Waals surface area contributed by atoms with Crippen LogP contribution >= 0.6 is 0 Å². The number of hydrogen-bond donors (Lipinski definition) is 0. The second-order valence-corrected chi connectivity index (χ2v) is 3.56. The summed E-state index contributed by atoms with van der Waals surface area (Å²) >= 11 is 0. The van der Waals surface area contributed by atoms with Crippen molar-refractivity contribution in [3.05, 3.63) is 54.1 Å². The van der Waals surface area contributed by atoms with E-state index in [2.05, 4.69) is 10.8 Å². The lowest BCUT2D eigenvalue weighted by molar-refractivity contribution is -0.274. The Morgan fingerprint density at radius 1 is 0.947 bits per heavy atom. The van der Waals surface area contributed by atoms with Crippen molar-refractivity contribution in [2.24, 2.45) is 0 Å². The van der Waals surface area contributed by atoms with E-state index >= 15 is 0 Å². The van der Waals surface area contributed by atoms with Crippen molar-refractivity contribution in [3.8, 4) is 16.9 Å². The van der Waals surface area contributed by atoms with Crippen molar-refractivity contribution in [2.75, 3.05) is 0 Å². The molecule has 2 aromatic carbocycles. The number of rotatable bonds is 2. The highest BCUT2D eigenvalue weighted by Crippen LogP contribution is 2.35. The summed E-state index contributed by atoms with van der Waals surface area (Å²) in [6.07, 6.45) is -4.96. The Balaban J connectivity index is 2.57. The second kappa shape index (κ2) is 4.87. The fourth-order valence-corrected chi connectivity index (χ4v) is 1.57. The summed E-state index contributed by atoms with van der Waals surface area (Å²) in [5.74, 6) is -2.74. The van der Waals surface area contributed by atoms with Crippen LogP contribution < -0.4 is 4.74 Å². The SMILES string of the molecule is Fc1cccc(F)c1-c1ccc[c]c1OC(F)(F)F. The van der Waals surface area contributed by atoms with Gasteiger partial charge in [-0.2, -0.15) is 0 Å². The molecule has 1 nitrogen and oxygen atoms in total. The maximum Gasteiger partial charge on any atom is 0.573 e. The number of benzene rings is 2. The van der Waals surface area contributed by atoms with E-state index in [9.17, 15) is 22.0 Å². The maximum absolute atomic E-state index is 13.6. The second-order valence-electron chi connectivity index (χ2n) is 3.56. The molecule has 0 aliphatic carbocycles. The van der Waals surface area contributed by atoms with E-state index in [-0.39, 0.29) is 5.56 Å². The molecule has 0 atom stereocenters. The van der Waals surface area contributed by atoms with Crippen LogP contribution in [0, 0.1) is 17.7 Å². The van der Waals surface area contributed by atoms with Gasteiger partial charge in [0.1, 0.15) is 17.4 Å². The zero-order valence-electron chi connectivity index (χ0n) is 9.26. The van der Waals surface area contributed by atoms with E-state index in [0.29, 0.717) is 0 Å². The molecule has 0 N–H and O–H groups in total. The number of hydrogen-bond acceptors (Lipinski definition) is 1. The Morgan fingerprint density at radius 3 is 2.16 bits per heavy atom. The van der Waals surface area contributed by atoms with Crippen molar-refractivity contribution < 1.29 is 26.7 Å². The summed E-state index contributed by atoms with van der Waals surface area (Å²) in [6.45, 7) is 0. The Hall–Kier alpha value is -2.11. The third-order valence-electron chi connectivity index (χ3n) is 2.27. The number of para-hydroxylation sites is 1. The monoisotopic (exact) mass is 273 g/mol. The van der Waals surface area contributed by atoms with Crippen molar-refractivity contribution in [1.82, 2.24) is 0 Å². The summed E-state index contributed by atoms with van der Waals surface area (Å²) in [4.78, 5) is 0. The summed E-state index contributed by atoms with van der Waals surface area (Å²) in [6, 6.07) is 8.77. The minimum atomic E-state index is -4.96. The topological polar surface area (TPSA) is 9.23 Å². The molecule has 6 heteroatoms. The number of halogens is 5. The van der Waals surface area contributed by atoms with Crippen LogP contribution in [0.1, 0.15) is 0 Å². The van der Waals surface area contributed by atoms with Crippen LogP contribution in [-0.4, -0.2) is 6.36 Å². The maximum atomic E-state index is 13.6. The molecule has 0 heterocycles. The molecule has 0 aliphatic heterocycles. The van der Waals surface area contributed by atoms with Gasteiger partial charge in [-0.3, -0.25) is 0 Å². The summed E-state index contributed by atoms with van der Waals surface area (Å²) in [7, 11) is 0. The Bertz CT molecular complexity index is 572.